The van der Waals surface area contributed by atoms with Crippen LogP contribution in [-0.2, 0) is 45.1 Å². The van der Waals surface area contributed by atoms with Crippen LogP contribution in [0, 0.1) is 0 Å². The van der Waals surface area contributed by atoms with E-state index in [0.717, 1.165) is 42.6 Å². The van der Waals surface area contributed by atoms with Gasteiger partial charge in [-0.05, 0) is 83.1 Å². The lowest BCUT2D eigenvalue weighted by Crippen LogP contribution is -2.76. The summed E-state index contributed by atoms with van der Waals surface area (Å²) in [5, 5.41) is 18.4. The summed E-state index contributed by atoms with van der Waals surface area (Å²) in [6.07, 6.45) is 2.61. The number of carbonyl (C=O) groups is 3. The van der Waals surface area contributed by atoms with Gasteiger partial charge in [0.2, 0.25) is 0 Å². The first-order valence-electron chi connectivity index (χ1n) is 16.2. The van der Waals surface area contributed by atoms with Crippen molar-refractivity contribution in [1.82, 2.24) is 15.4 Å². The molecule has 52 heavy (non-hydrogen) atoms. The third-order valence-electron chi connectivity index (χ3n) is 9.47. The molecule has 2 aromatic rings. The average Bonchev–Trinajstić information content (AvgIpc) is 3.51. The number of hydrogen-bond donors (Lipinski definition) is 6. The van der Waals surface area contributed by atoms with E-state index in [-0.39, 0.29) is 28.8 Å². The number of β-lactam (4-membered cyclic amide) rings is 1. The van der Waals surface area contributed by atoms with Gasteiger partial charge in [-0.25, -0.2) is 9.78 Å². The number of rotatable bonds is 13. The molecule has 3 heterocycles. The molecule has 2 fully saturated rings. The molecule has 5 rings (SSSR count). The summed E-state index contributed by atoms with van der Waals surface area (Å²) in [5.74, 6) is -2.68. The molecule has 0 spiro atoms. The number of methoxy groups -OCH3 is 1. The molecule has 3 atom stereocenters. The Morgan fingerprint density at radius 2 is 1.94 bits per heavy atom. The molecule has 21 heteroatoms. The molecule has 9 N–H and O–H groups in total. The Hall–Kier alpha value is -4.41. The summed E-state index contributed by atoms with van der Waals surface area (Å²) in [4.78, 5) is 53.2. The van der Waals surface area contributed by atoms with Gasteiger partial charge in [0.15, 0.2) is 16.9 Å². The number of carbonyl (C=O) groups excluding carboxylic acids is 2. The lowest BCUT2D eigenvalue weighted by molar-refractivity contribution is -0.218. The number of hydrogen-bond acceptors (Lipinski definition) is 15. The van der Waals surface area contributed by atoms with E-state index in [1.807, 2.05) is 6.07 Å². The molecule has 1 aliphatic carbocycles. The number of nitrogens with one attached hydrogen (secondary N) is 1. The maximum absolute atomic E-state index is 13.5. The molecule has 3 unspecified atom stereocenters. The van der Waals surface area contributed by atoms with E-state index >= 15 is 0 Å². The second-order valence-corrected chi connectivity index (χ2v) is 15.6. The van der Waals surface area contributed by atoms with E-state index in [0.29, 0.717) is 35.2 Å². The number of nitrogens with zero attached hydrogens (tertiary/aromatic N) is 4. The topological polar surface area (TPSA) is 294 Å². The van der Waals surface area contributed by atoms with Crippen molar-refractivity contribution in [2.75, 3.05) is 19.5 Å². The van der Waals surface area contributed by atoms with E-state index < -0.39 is 57.2 Å². The quantitative estimate of drug-likeness (QED) is 0.0532. The summed E-state index contributed by atoms with van der Waals surface area (Å²) in [6.45, 7) is 4.47. The summed E-state index contributed by atoms with van der Waals surface area (Å²) in [5.41, 5.74) is 15.5. The van der Waals surface area contributed by atoms with Crippen molar-refractivity contribution < 1.29 is 51.1 Å². The van der Waals surface area contributed by atoms with E-state index in [2.05, 4.69) is 19.7 Å². The van der Waals surface area contributed by atoms with Crippen molar-refractivity contribution in [3.63, 3.8) is 0 Å². The average molecular weight is 767 g/mol. The van der Waals surface area contributed by atoms with Crippen LogP contribution in [0.15, 0.2) is 33.7 Å². The molecule has 3 aliphatic rings. The number of thiazole rings is 1. The molecule has 2 aliphatic heterocycles. The number of carboxylic acid groups (broad SMARTS) is 1. The number of benzene rings is 1. The van der Waals surface area contributed by atoms with E-state index in [4.69, 9.17) is 41.1 Å². The fraction of sp³-hybridized carbons (Fsp3) is 0.548. The first-order chi connectivity index (χ1) is 24.3. The molecule has 0 bridgehead atoms. The van der Waals surface area contributed by atoms with Crippen LogP contribution >= 0.6 is 11.3 Å². The highest BCUT2D eigenvalue weighted by Crippen LogP contribution is 2.36. The number of nitrogen functional groups attached to an aromatic ring is 1. The zero-order chi connectivity index (χ0) is 38.2. The number of nitrogens with two attached hydrogens (primary N) is 3. The highest BCUT2D eigenvalue weighted by atomic mass is 32.3. The van der Waals surface area contributed by atoms with Crippen LogP contribution in [0.4, 0.5) is 5.13 Å². The maximum Gasteiger partial charge on any atom is 0.418 e. The minimum absolute atomic E-state index is 0.0290. The summed E-state index contributed by atoms with van der Waals surface area (Å²) >= 11 is 0.963. The van der Waals surface area contributed by atoms with Crippen LogP contribution in [0.5, 0.6) is 5.75 Å². The zero-order valence-corrected chi connectivity index (χ0v) is 30.5. The van der Waals surface area contributed by atoms with Gasteiger partial charge in [0.25, 0.3) is 17.4 Å². The van der Waals surface area contributed by atoms with Gasteiger partial charge >= 0.3 is 16.4 Å². The van der Waals surface area contributed by atoms with Crippen molar-refractivity contribution in [2.24, 2.45) is 21.6 Å². The Morgan fingerprint density at radius 1 is 1.25 bits per heavy atom. The SMILES string of the molecule is COCC1(N)CCC(N=C(N)c2ccc3c(c2)CCC(C(C)(ON=C(C(=O)NC2C(=O)N(OS(=O)(=O)O)C2(C)C)c2csc(N)n2)C(=O)O)O3)CC1. The normalized spacial score (nSPS) is 26.0. The standard InChI is InChI=1S/C31H42N8O11S2/c1-29(2)23(26(41)39(29)50-52(44,45)46)37-25(40)22(19-14-51-28(33)36-19)38-49-30(3,27(42)43)21-8-6-16-13-17(5-7-20(16)48-21)24(32)35-18-9-11-31(34,12-10-18)15-47-4/h5,7,13-14,18,21,23H,6,8-12,15,34H2,1-4H3,(H2,32,35)(H2,33,36)(H,37,40)(H,42,43)(H,44,45,46). The van der Waals surface area contributed by atoms with Crippen LogP contribution in [-0.4, -0.2) is 106 Å². The number of carboxylic acids is 1. The number of amidine groups is 1. The first-order valence-corrected chi connectivity index (χ1v) is 18.4. The van der Waals surface area contributed by atoms with Gasteiger partial charge in [-0.3, -0.25) is 19.1 Å². The number of aliphatic carboxylic acids is 1. The molecule has 19 nitrogen and oxygen atoms in total. The second kappa shape index (κ2) is 14.5. The Labute approximate surface area is 303 Å². The second-order valence-electron chi connectivity index (χ2n) is 13.7. The van der Waals surface area contributed by atoms with Crippen molar-refractivity contribution in [1.29, 1.82) is 0 Å². The molecule has 1 aromatic heterocycles. The zero-order valence-electron chi connectivity index (χ0n) is 28.9. The highest BCUT2D eigenvalue weighted by molar-refractivity contribution is 7.80. The number of hydroxylamine groups is 2. The number of aliphatic imine (C=N–C) groups is 1. The van der Waals surface area contributed by atoms with Crippen LogP contribution in [0.3, 0.4) is 0 Å². The van der Waals surface area contributed by atoms with Crippen LogP contribution < -0.4 is 27.3 Å². The molecular formula is C31H42N8O11S2. The number of fused-ring (bicyclic) bond motifs is 1. The molecule has 1 aromatic carbocycles. The Balaban J connectivity index is 1.31. The third-order valence-corrected chi connectivity index (χ3v) is 10.5. The smallest absolute Gasteiger partial charge is 0.418 e. The predicted octanol–water partition coefficient (Wildman–Crippen LogP) is 0.515. The van der Waals surface area contributed by atoms with Crippen molar-refractivity contribution in [2.45, 2.75) is 94.2 Å². The van der Waals surface area contributed by atoms with Gasteiger partial charge in [0.1, 0.15) is 23.3 Å². The first kappa shape index (κ1) is 38.8. The summed E-state index contributed by atoms with van der Waals surface area (Å²) < 4.78 is 47.1. The maximum atomic E-state index is 13.5. The Morgan fingerprint density at radius 3 is 2.52 bits per heavy atom. The van der Waals surface area contributed by atoms with E-state index in [1.165, 1.54) is 26.2 Å². The van der Waals surface area contributed by atoms with Crippen molar-refractivity contribution >= 4 is 56.2 Å². The number of aromatic nitrogens is 1. The predicted molar refractivity (Wildman–Crippen MR) is 187 cm³/mol. The minimum Gasteiger partial charge on any atom is -0.485 e. The molecule has 284 valence electrons. The van der Waals surface area contributed by atoms with Crippen molar-refractivity contribution in [3.8, 4) is 5.75 Å². The summed E-state index contributed by atoms with van der Waals surface area (Å²) in [6, 6.07) is 3.95. The number of aryl methyl sites for hydroxylation is 1. The Bertz CT molecular complexity index is 1890. The summed E-state index contributed by atoms with van der Waals surface area (Å²) in [7, 11) is -3.40. The monoisotopic (exact) mass is 766 g/mol. The van der Waals surface area contributed by atoms with E-state index in [1.54, 1.807) is 19.2 Å². The van der Waals surface area contributed by atoms with Crippen LogP contribution in [0.1, 0.15) is 69.7 Å². The molecule has 2 amide bonds. The highest BCUT2D eigenvalue weighted by Gasteiger charge is 2.58. The van der Waals surface area contributed by atoms with Crippen molar-refractivity contribution in [3.05, 3.63) is 40.4 Å². The van der Waals surface area contributed by atoms with Gasteiger partial charge < -0.3 is 41.9 Å². The minimum atomic E-state index is -5.03. The molecule has 0 radical (unpaired) electrons. The lowest BCUT2D eigenvalue weighted by Gasteiger charge is -2.50. The number of amides is 2. The van der Waals surface area contributed by atoms with E-state index in [9.17, 15) is 27.9 Å². The fourth-order valence-electron chi connectivity index (χ4n) is 6.34. The third kappa shape index (κ3) is 8.13. The van der Waals surface area contributed by atoms with Crippen LogP contribution in [0.25, 0.3) is 0 Å². The molecular weight excluding hydrogens is 725 g/mol. The molecule has 1 saturated heterocycles. The number of ether oxygens (including phenoxy) is 2. The van der Waals surface area contributed by atoms with Gasteiger partial charge in [-0.2, -0.15) is 13.5 Å². The van der Waals surface area contributed by atoms with Gasteiger partial charge in [0, 0.05) is 23.6 Å². The van der Waals surface area contributed by atoms with Crippen LogP contribution in [0.2, 0.25) is 0 Å². The van der Waals surface area contributed by atoms with Gasteiger partial charge in [-0.1, -0.05) is 5.16 Å². The Kier molecular flexibility index (Phi) is 10.9. The van der Waals surface area contributed by atoms with Gasteiger partial charge in [0.05, 0.1) is 18.2 Å². The largest absolute Gasteiger partial charge is 0.485 e. The van der Waals surface area contributed by atoms with Gasteiger partial charge in [-0.15, -0.1) is 15.6 Å². The fourth-order valence-corrected chi connectivity index (χ4v) is 7.34. The molecule has 1 saturated carbocycles. The number of anilines is 1. The lowest BCUT2D eigenvalue weighted by atomic mass is 9.81. The number of oxime groups is 1.